The molecule has 1 rings (SSSR count). The first-order valence-corrected chi connectivity index (χ1v) is 6.56. The highest BCUT2D eigenvalue weighted by molar-refractivity contribution is 6.34. The molecular formula is C15H20ClFO. The Labute approximate surface area is 113 Å². The van der Waals surface area contributed by atoms with Crippen LogP contribution in [0.25, 0.3) is 0 Å². The zero-order valence-electron chi connectivity index (χ0n) is 11.4. The number of rotatable bonds is 4. The summed E-state index contributed by atoms with van der Waals surface area (Å²) in [5.74, 6) is -0.362. The van der Waals surface area contributed by atoms with Crippen LogP contribution in [0.3, 0.4) is 0 Å². The van der Waals surface area contributed by atoms with Crippen molar-refractivity contribution in [3.63, 3.8) is 0 Å². The van der Waals surface area contributed by atoms with Crippen LogP contribution in [0.2, 0.25) is 5.02 Å². The lowest BCUT2D eigenvalue weighted by atomic mass is 9.83. The molecule has 0 aliphatic carbocycles. The summed E-state index contributed by atoms with van der Waals surface area (Å²) in [7, 11) is 0. The molecule has 3 heteroatoms. The van der Waals surface area contributed by atoms with Crippen molar-refractivity contribution in [1.82, 2.24) is 0 Å². The van der Waals surface area contributed by atoms with Gasteiger partial charge in [0.15, 0.2) is 5.78 Å². The zero-order valence-corrected chi connectivity index (χ0v) is 12.1. The SMILES string of the molecule is CC(CC(=O)c1cccc(F)c1Cl)CC(C)(C)C. The third-order valence-electron chi connectivity index (χ3n) is 2.75. The summed E-state index contributed by atoms with van der Waals surface area (Å²) in [6.45, 7) is 8.46. The number of Topliss-reactive ketones (excluding diaryl/α,β-unsaturated/α-hetero) is 1. The van der Waals surface area contributed by atoms with E-state index in [1.165, 1.54) is 12.1 Å². The maximum absolute atomic E-state index is 13.3. The number of benzene rings is 1. The van der Waals surface area contributed by atoms with Crippen molar-refractivity contribution in [2.75, 3.05) is 0 Å². The molecule has 1 atom stereocenters. The topological polar surface area (TPSA) is 17.1 Å². The van der Waals surface area contributed by atoms with Crippen LogP contribution < -0.4 is 0 Å². The van der Waals surface area contributed by atoms with Crippen molar-refractivity contribution in [3.05, 3.63) is 34.6 Å². The lowest BCUT2D eigenvalue weighted by Gasteiger charge is -2.22. The summed E-state index contributed by atoms with van der Waals surface area (Å²) >= 11 is 5.81. The molecule has 0 aromatic heterocycles. The zero-order chi connectivity index (χ0) is 13.9. The second-order valence-corrected chi connectivity index (χ2v) is 6.48. The van der Waals surface area contributed by atoms with Gasteiger partial charge in [0.25, 0.3) is 0 Å². The summed E-state index contributed by atoms with van der Waals surface area (Å²) in [6.07, 6.45) is 1.35. The fraction of sp³-hybridized carbons (Fsp3) is 0.533. The molecule has 1 aromatic rings. The minimum absolute atomic E-state index is 0.0644. The quantitative estimate of drug-likeness (QED) is 0.694. The Morgan fingerprint density at radius 1 is 1.39 bits per heavy atom. The van der Waals surface area contributed by atoms with Crippen molar-refractivity contribution in [2.45, 2.75) is 40.5 Å². The van der Waals surface area contributed by atoms with Gasteiger partial charge in [0, 0.05) is 12.0 Å². The van der Waals surface area contributed by atoms with E-state index in [0.717, 1.165) is 6.42 Å². The van der Waals surface area contributed by atoms with Crippen molar-refractivity contribution in [3.8, 4) is 0 Å². The number of carbonyl (C=O) groups excluding carboxylic acids is 1. The standard InChI is InChI=1S/C15H20ClFO/c1-10(9-15(2,3)4)8-13(18)11-6-5-7-12(17)14(11)16/h5-7,10H,8-9H2,1-4H3. The molecule has 0 aliphatic heterocycles. The van der Waals surface area contributed by atoms with Gasteiger partial charge < -0.3 is 0 Å². The summed E-state index contributed by atoms with van der Waals surface area (Å²) in [5.41, 5.74) is 0.475. The highest BCUT2D eigenvalue weighted by Crippen LogP contribution is 2.28. The highest BCUT2D eigenvalue weighted by atomic mass is 35.5. The van der Waals surface area contributed by atoms with Crippen LogP contribution in [-0.2, 0) is 0 Å². The molecule has 1 nitrogen and oxygen atoms in total. The lowest BCUT2D eigenvalue weighted by Crippen LogP contribution is -2.14. The van der Waals surface area contributed by atoms with E-state index < -0.39 is 5.82 Å². The highest BCUT2D eigenvalue weighted by Gasteiger charge is 2.20. The van der Waals surface area contributed by atoms with E-state index in [9.17, 15) is 9.18 Å². The van der Waals surface area contributed by atoms with Crippen LogP contribution in [0, 0.1) is 17.2 Å². The van der Waals surface area contributed by atoms with Gasteiger partial charge in [-0.15, -0.1) is 0 Å². The van der Waals surface area contributed by atoms with Crippen LogP contribution in [0.1, 0.15) is 50.9 Å². The number of carbonyl (C=O) groups is 1. The first kappa shape index (κ1) is 15.2. The van der Waals surface area contributed by atoms with Crippen LogP contribution in [0.5, 0.6) is 0 Å². The fourth-order valence-electron chi connectivity index (χ4n) is 2.26. The third-order valence-corrected chi connectivity index (χ3v) is 3.13. The Morgan fingerprint density at radius 2 is 2.00 bits per heavy atom. The number of ketones is 1. The minimum atomic E-state index is -0.536. The van der Waals surface area contributed by atoms with E-state index in [1.54, 1.807) is 6.07 Å². The molecule has 0 saturated carbocycles. The maximum Gasteiger partial charge on any atom is 0.164 e. The van der Waals surface area contributed by atoms with E-state index in [0.29, 0.717) is 6.42 Å². The largest absolute Gasteiger partial charge is 0.294 e. The molecule has 1 aromatic carbocycles. The van der Waals surface area contributed by atoms with Crippen LogP contribution in [0.4, 0.5) is 4.39 Å². The molecule has 0 bridgehead atoms. The van der Waals surface area contributed by atoms with Gasteiger partial charge in [0.05, 0.1) is 5.02 Å². The van der Waals surface area contributed by atoms with Crippen molar-refractivity contribution >= 4 is 17.4 Å². The van der Waals surface area contributed by atoms with Gasteiger partial charge in [0.2, 0.25) is 0 Å². The van der Waals surface area contributed by atoms with Gasteiger partial charge in [-0.05, 0) is 29.9 Å². The van der Waals surface area contributed by atoms with Crippen LogP contribution >= 0.6 is 11.6 Å². The maximum atomic E-state index is 13.3. The van der Waals surface area contributed by atoms with Crippen molar-refractivity contribution < 1.29 is 9.18 Å². The van der Waals surface area contributed by atoms with E-state index in [4.69, 9.17) is 11.6 Å². The monoisotopic (exact) mass is 270 g/mol. The van der Waals surface area contributed by atoms with E-state index >= 15 is 0 Å². The van der Waals surface area contributed by atoms with Gasteiger partial charge in [-0.25, -0.2) is 4.39 Å². The van der Waals surface area contributed by atoms with Gasteiger partial charge in [-0.2, -0.15) is 0 Å². The van der Waals surface area contributed by atoms with E-state index in [2.05, 4.69) is 20.8 Å². The average Bonchev–Trinajstić information content (AvgIpc) is 2.18. The second kappa shape index (κ2) is 5.83. The Hall–Kier alpha value is -0.890. The summed E-state index contributed by atoms with van der Waals surface area (Å²) in [4.78, 5) is 12.1. The van der Waals surface area contributed by atoms with Gasteiger partial charge in [-0.1, -0.05) is 45.4 Å². The van der Waals surface area contributed by atoms with Gasteiger partial charge >= 0.3 is 0 Å². The van der Waals surface area contributed by atoms with Crippen molar-refractivity contribution in [1.29, 1.82) is 0 Å². The van der Waals surface area contributed by atoms with E-state index in [1.807, 2.05) is 6.92 Å². The van der Waals surface area contributed by atoms with Gasteiger partial charge in [-0.3, -0.25) is 4.79 Å². The molecule has 0 amide bonds. The Balaban J connectivity index is 2.74. The summed E-state index contributed by atoms with van der Waals surface area (Å²) in [6, 6.07) is 4.36. The number of halogens is 2. The normalized spacial score (nSPS) is 13.4. The Kier molecular flexibility index (Phi) is 4.92. The molecule has 0 saturated heterocycles. The molecule has 1 unspecified atom stereocenters. The molecule has 0 N–H and O–H groups in total. The molecule has 0 aliphatic rings. The first-order chi connectivity index (χ1) is 8.20. The van der Waals surface area contributed by atoms with Crippen molar-refractivity contribution in [2.24, 2.45) is 11.3 Å². The molecule has 0 radical (unpaired) electrons. The molecule has 0 spiro atoms. The molecule has 0 heterocycles. The summed E-state index contributed by atoms with van der Waals surface area (Å²) < 4.78 is 13.3. The average molecular weight is 271 g/mol. The minimum Gasteiger partial charge on any atom is -0.294 e. The van der Waals surface area contributed by atoms with Gasteiger partial charge in [0.1, 0.15) is 5.82 Å². The summed E-state index contributed by atoms with van der Waals surface area (Å²) in [5, 5.41) is -0.0644. The molecule has 0 fully saturated rings. The molecular weight excluding hydrogens is 251 g/mol. The predicted molar refractivity (Wildman–Crippen MR) is 73.6 cm³/mol. The molecule has 100 valence electrons. The fourth-order valence-corrected chi connectivity index (χ4v) is 2.49. The lowest BCUT2D eigenvalue weighted by molar-refractivity contribution is 0.0954. The Morgan fingerprint density at radius 3 is 2.56 bits per heavy atom. The van der Waals surface area contributed by atoms with E-state index in [-0.39, 0.29) is 27.7 Å². The smallest absolute Gasteiger partial charge is 0.164 e. The van der Waals surface area contributed by atoms with Crippen LogP contribution in [-0.4, -0.2) is 5.78 Å². The number of hydrogen-bond acceptors (Lipinski definition) is 1. The Bertz CT molecular complexity index is 435. The third kappa shape index (κ3) is 4.41. The first-order valence-electron chi connectivity index (χ1n) is 6.18. The number of hydrogen-bond donors (Lipinski definition) is 0. The second-order valence-electron chi connectivity index (χ2n) is 6.10. The molecule has 18 heavy (non-hydrogen) atoms. The van der Waals surface area contributed by atoms with Crippen LogP contribution in [0.15, 0.2) is 18.2 Å². The predicted octanol–water partition coefficient (Wildman–Crippen LogP) is 5.12.